The molecule has 0 amide bonds. The fraction of sp³-hybridized carbons (Fsp3) is 0.611. The fourth-order valence-corrected chi connectivity index (χ4v) is 7.25. The summed E-state index contributed by atoms with van der Waals surface area (Å²) in [6, 6.07) is 0. The van der Waals surface area contributed by atoms with Crippen LogP contribution in [0.5, 0.6) is 0 Å². The molecular weight excluding hydrogens is 636 g/mol. The Kier molecular flexibility index (Phi) is 11.0. The summed E-state index contributed by atoms with van der Waals surface area (Å²) in [5.74, 6) is -3.51. The molecule has 1 aromatic heterocycles. The number of aryl methyl sites for hydroxylation is 1. The second kappa shape index (κ2) is 14.7. The second-order valence-corrected chi connectivity index (χ2v) is 14.0. The lowest BCUT2D eigenvalue weighted by Gasteiger charge is -2.41. The number of ether oxygens (including phenoxy) is 6. The molecule has 13 nitrogen and oxygen atoms in total. The molecule has 0 radical (unpaired) electrons. The highest BCUT2D eigenvalue weighted by atomic mass is 16.7. The third-order valence-corrected chi connectivity index (χ3v) is 9.90. The monoisotopic (exact) mass is 684 g/mol. The first-order valence-electron chi connectivity index (χ1n) is 16.7. The van der Waals surface area contributed by atoms with Crippen molar-refractivity contribution in [2.75, 3.05) is 13.2 Å². The minimum Gasteiger partial charge on any atom is -0.457 e. The van der Waals surface area contributed by atoms with E-state index in [2.05, 4.69) is 31.8 Å². The Morgan fingerprint density at radius 2 is 1.90 bits per heavy atom. The van der Waals surface area contributed by atoms with Gasteiger partial charge in [0.25, 0.3) is 0 Å². The third kappa shape index (κ3) is 8.24. The molecule has 13 heteroatoms. The summed E-state index contributed by atoms with van der Waals surface area (Å²) >= 11 is 0. The summed E-state index contributed by atoms with van der Waals surface area (Å²) in [4.78, 5) is 41.0. The number of esters is 3. The van der Waals surface area contributed by atoms with Gasteiger partial charge in [0.2, 0.25) is 5.79 Å². The lowest BCUT2D eigenvalue weighted by atomic mass is 9.65. The van der Waals surface area contributed by atoms with Crippen LogP contribution in [0, 0.1) is 23.7 Å². The molecule has 4 aliphatic rings. The van der Waals surface area contributed by atoms with Crippen LogP contribution in [0.4, 0.5) is 0 Å². The van der Waals surface area contributed by atoms with Crippen molar-refractivity contribution in [1.82, 2.24) is 9.55 Å². The van der Waals surface area contributed by atoms with Gasteiger partial charge in [0.15, 0.2) is 18.5 Å². The van der Waals surface area contributed by atoms with Gasteiger partial charge in [-0.25, -0.2) is 9.78 Å². The van der Waals surface area contributed by atoms with E-state index in [0.717, 1.165) is 12.0 Å². The predicted molar refractivity (Wildman–Crippen MR) is 175 cm³/mol. The number of carbonyl (C=O) groups is 3. The van der Waals surface area contributed by atoms with E-state index in [-0.39, 0.29) is 36.9 Å². The average molecular weight is 685 g/mol. The molecule has 1 aliphatic carbocycles. The van der Waals surface area contributed by atoms with Gasteiger partial charge in [-0.05, 0) is 68.6 Å². The van der Waals surface area contributed by atoms with E-state index in [1.807, 2.05) is 13.1 Å². The molecule has 0 saturated carbocycles. The molecule has 4 heterocycles. The van der Waals surface area contributed by atoms with Gasteiger partial charge < -0.3 is 43.2 Å². The Balaban J connectivity index is 1.45. The number of aliphatic hydroxyl groups is 2. The molecule has 268 valence electrons. The van der Waals surface area contributed by atoms with Crippen LogP contribution in [-0.2, 0) is 49.9 Å². The quantitative estimate of drug-likeness (QED) is 0.169. The Hall–Kier alpha value is -3.62. The highest BCUT2D eigenvalue weighted by Crippen LogP contribution is 2.49. The first kappa shape index (κ1) is 36.7. The van der Waals surface area contributed by atoms with Crippen LogP contribution in [0.2, 0.25) is 0 Å². The van der Waals surface area contributed by atoms with Crippen molar-refractivity contribution in [2.45, 2.75) is 96.5 Å². The summed E-state index contributed by atoms with van der Waals surface area (Å²) in [6.45, 7) is 10.1. The van der Waals surface area contributed by atoms with Gasteiger partial charge in [-0.2, -0.15) is 0 Å². The SMILES string of the molecule is CC(=O)OC1COC(OCC2=CC3C(CC(OC(=O)/C=C/c4cn(C)cn4)C4(C)C=CC2(O)O4)C(C)=CC[C@@H]3C(C)C)C(OC(C)=O)C1O. The topological polar surface area (TPSA) is 165 Å². The number of aliphatic hydroxyl groups excluding tert-OH is 1. The van der Waals surface area contributed by atoms with Crippen LogP contribution in [0.3, 0.4) is 0 Å². The van der Waals surface area contributed by atoms with Crippen LogP contribution < -0.4 is 0 Å². The maximum Gasteiger partial charge on any atom is 0.331 e. The van der Waals surface area contributed by atoms with Crippen molar-refractivity contribution in [3.63, 3.8) is 0 Å². The van der Waals surface area contributed by atoms with E-state index < -0.39 is 60.0 Å². The zero-order valence-electron chi connectivity index (χ0n) is 29.1. The molecule has 1 fully saturated rings. The minimum absolute atomic E-state index is 0.0588. The van der Waals surface area contributed by atoms with E-state index in [9.17, 15) is 24.6 Å². The number of imidazole rings is 1. The molecule has 9 unspecified atom stereocenters. The van der Waals surface area contributed by atoms with Crippen molar-refractivity contribution in [3.8, 4) is 0 Å². The molecule has 0 aromatic carbocycles. The van der Waals surface area contributed by atoms with Crippen molar-refractivity contribution in [1.29, 1.82) is 0 Å². The summed E-state index contributed by atoms with van der Waals surface area (Å²) in [5, 5.41) is 23.1. The molecular formula is C36H48N2O11. The van der Waals surface area contributed by atoms with Crippen LogP contribution in [0.25, 0.3) is 6.08 Å². The standard InChI is InChI=1S/C36H48N2O11/c1-20(2)26-10-8-21(3)27-15-30(48-31(41)11-9-25-16-38(7)19-37-25)35(6)12-13-36(43,49-35)24(14-28(26)27)17-44-34-33(47-23(5)40)32(42)29(18-45-34)46-22(4)39/h8-9,11-14,16,19-20,26-30,32-34,42-43H,10,15,17-18H2,1-7H3/b11-9+,24-14?/t26-,27?,28?,29?,30?,32?,33?,34?,35?,36?/m1/s1. The molecule has 1 saturated heterocycles. The van der Waals surface area contributed by atoms with Crippen molar-refractivity contribution in [3.05, 3.63) is 59.7 Å². The average Bonchev–Trinajstić information content (AvgIpc) is 3.60. The molecule has 2 N–H and O–H groups in total. The first-order chi connectivity index (χ1) is 23.1. The molecule has 10 atom stereocenters. The van der Waals surface area contributed by atoms with Gasteiger partial charge in [0, 0.05) is 38.7 Å². The Morgan fingerprint density at radius 3 is 2.55 bits per heavy atom. The van der Waals surface area contributed by atoms with Gasteiger partial charge in [0.05, 0.1) is 25.2 Å². The summed E-state index contributed by atoms with van der Waals surface area (Å²) in [7, 11) is 1.84. The largest absolute Gasteiger partial charge is 0.457 e. The van der Waals surface area contributed by atoms with Crippen molar-refractivity contribution >= 4 is 24.0 Å². The molecule has 0 spiro atoms. The lowest BCUT2D eigenvalue weighted by Crippen LogP contribution is -2.56. The Bertz CT molecular complexity index is 1530. The zero-order chi connectivity index (χ0) is 35.7. The first-order valence-corrected chi connectivity index (χ1v) is 16.7. The maximum absolute atomic E-state index is 13.2. The molecule has 1 aromatic rings. The van der Waals surface area contributed by atoms with Gasteiger partial charge in [-0.15, -0.1) is 0 Å². The fourth-order valence-electron chi connectivity index (χ4n) is 7.25. The van der Waals surface area contributed by atoms with E-state index in [1.54, 1.807) is 36.2 Å². The van der Waals surface area contributed by atoms with Crippen LogP contribution >= 0.6 is 0 Å². The lowest BCUT2D eigenvalue weighted by molar-refractivity contribution is -0.278. The predicted octanol–water partition coefficient (Wildman–Crippen LogP) is 3.16. The van der Waals surface area contributed by atoms with Crippen molar-refractivity contribution < 1.29 is 53.0 Å². The highest BCUT2D eigenvalue weighted by Gasteiger charge is 2.53. The number of hydrogen-bond acceptors (Lipinski definition) is 12. The number of nitrogens with zero attached hydrogens (tertiary/aromatic N) is 2. The van der Waals surface area contributed by atoms with Crippen molar-refractivity contribution in [2.24, 2.45) is 30.7 Å². The Labute approximate surface area is 286 Å². The summed E-state index contributed by atoms with van der Waals surface area (Å²) in [6.07, 6.45) is 9.25. The number of rotatable bonds is 9. The van der Waals surface area contributed by atoms with E-state index in [4.69, 9.17) is 28.4 Å². The second-order valence-electron chi connectivity index (χ2n) is 14.0. The molecule has 5 rings (SSSR count). The van der Waals surface area contributed by atoms with Crippen LogP contribution in [0.15, 0.2) is 54.1 Å². The summed E-state index contributed by atoms with van der Waals surface area (Å²) < 4.78 is 36.8. The number of aromatic nitrogens is 2. The van der Waals surface area contributed by atoms with Crippen LogP contribution in [0.1, 0.15) is 60.1 Å². The number of carbonyl (C=O) groups excluding carboxylic acids is 3. The van der Waals surface area contributed by atoms with Gasteiger partial charge in [0.1, 0.15) is 17.8 Å². The van der Waals surface area contributed by atoms with Gasteiger partial charge in [-0.3, -0.25) is 9.59 Å². The summed E-state index contributed by atoms with van der Waals surface area (Å²) in [5.41, 5.74) is 0.924. The molecule has 2 bridgehead atoms. The highest BCUT2D eigenvalue weighted by molar-refractivity contribution is 5.86. The minimum atomic E-state index is -1.95. The zero-order valence-corrected chi connectivity index (χ0v) is 29.1. The van der Waals surface area contributed by atoms with E-state index in [1.165, 1.54) is 26.0 Å². The van der Waals surface area contributed by atoms with E-state index in [0.29, 0.717) is 17.7 Å². The number of fused-ring (bicyclic) bond motifs is 3. The number of allylic oxidation sites excluding steroid dienone is 3. The van der Waals surface area contributed by atoms with Gasteiger partial charge >= 0.3 is 17.9 Å². The van der Waals surface area contributed by atoms with Crippen LogP contribution in [-0.4, -0.2) is 93.0 Å². The Morgan fingerprint density at radius 1 is 1.16 bits per heavy atom. The molecule has 3 aliphatic heterocycles. The van der Waals surface area contributed by atoms with E-state index >= 15 is 0 Å². The third-order valence-electron chi connectivity index (χ3n) is 9.90. The van der Waals surface area contributed by atoms with Gasteiger partial charge in [-0.1, -0.05) is 31.6 Å². The molecule has 49 heavy (non-hydrogen) atoms. The normalized spacial score (nSPS) is 35.9. The smallest absolute Gasteiger partial charge is 0.331 e. The number of hydrogen-bond donors (Lipinski definition) is 2. The maximum atomic E-state index is 13.2.